The summed E-state index contributed by atoms with van der Waals surface area (Å²) in [6.45, 7) is 8.94. The number of methoxy groups -OCH3 is 1. The normalized spacial score (nSPS) is 15.1. The molecule has 0 spiro atoms. The molecule has 1 aromatic heterocycles. The Bertz CT molecular complexity index is 852. The number of benzene rings is 1. The molecule has 0 bridgehead atoms. The molecule has 0 saturated carbocycles. The maximum Gasteiger partial charge on any atom is 0.320 e. The number of aromatic nitrogens is 1. The summed E-state index contributed by atoms with van der Waals surface area (Å²) in [5.41, 5.74) is 1.48. The van der Waals surface area contributed by atoms with Crippen molar-refractivity contribution in [2.45, 2.75) is 20.4 Å². The maximum atomic E-state index is 12.5. The Morgan fingerprint density at radius 3 is 2.48 bits per heavy atom. The van der Waals surface area contributed by atoms with E-state index in [9.17, 15) is 9.59 Å². The largest absolute Gasteiger partial charge is 0.497 e. The number of hydrogen-bond donors (Lipinski definition) is 1. The average molecular weight is 372 g/mol. The summed E-state index contributed by atoms with van der Waals surface area (Å²) in [5.74, 6) is 0.768. The SMILES string of the molecule is CCN(CC)C(=O)N1CCN(Cc2cc3cc(OC)ccc3[nH]c2=O)CC1. The first-order chi connectivity index (χ1) is 13.0. The van der Waals surface area contributed by atoms with Crippen molar-refractivity contribution in [3.05, 3.63) is 40.2 Å². The van der Waals surface area contributed by atoms with E-state index >= 15 is 0 Å². The molecule has 7 nitrogen and oxygen atoms in total. The Balaban J connectivity index is 1.67. The van der Waals surface area contributed by atoms with Gasteiger partial charge in [-0.05, 0) is 38.1 Å². The molecule has 1 fully saturated rings. The molecular formula is C20H28N4O3. The van der Waals surface area contributed by atoms with Crippen LogP contribution in [-0.2, 0) is 6.54 Å². The highest BCUT2D eigenvalue weighted by Crippen LogP contribution is 2.19. The third-order valence-electron chi connectivity index (χ3n) is 5.20. The second kappa shape index (κ2) is 8.43. The van der Waals surface area contributed by atoms with Gasteiger partial charge in [0, 0.05) is 62.3 Å². The molecule has 1 N–H and O–H groups in total. The molecule has 1 aromatic carbocycles. The first-order valence-electron chi connectivity index (χ1n) is 9.51. The van der Waals surface area contributed by atoms with Crippen LogP contribution in [0.3, 0.4) is 0 Å². The molecule has 27 heavy (non-hydrogen) atoms. The predicted molar refractivity (Wildman–Crippen MR) is 106 cm³/mol. The predicted octanol–water partition coefficient (Wildman–Crippen LogP) is 2.12. The van der Waals surface area contributed by atoms with E-state index in [0.717, 1.165) is 48.4 Å². The van der Waals surface area contributed by atoms with Crippen LogP contribution >= 0.6 is 0 Å². The molecule has 146 valence electrons. The van der Waals surface area contributed by atoms with Gasteiger partial charge in [0.1, 0.15) is 5.75 Å². The fourth-order valence-electron chi connectivity index (χ4n) is 3.51. The molecule has 0 aliphatic carbocycles. The van der Waals surface area contributed by atoms with E-state index in [1.165, 1.54) is 0 Å². The third-order valence-corrected chi connectivity index (χ3v) is 5.20. The fraction of sp³-hybridized carbons (Fsp3) is 0.500. The number of H-pyrrole nitrogens is 1. The van der Waals surface area contributed by atoms with Crippen molar-refractivity contribution >= 4 is 16.9 Å². The van der Waals surface area contributed by atoms with Gasteiger partial charge in [-0.2, -0.15) is 0 Å². The highest BCUT2D eigenvalue weighted by atomic mass is 16.5. The van der Waals surface area contributed by atoms with Crippen LogP contribution in [0.1, 0.15) is 19.4 Å². The van der Waals surface area contributed by atoms with E-state index in [0.29, 0.717) is 19.6 Å². The molecule has 2 aromatic rings. The van der Waals surface area contributed by atoms with Crippen molar-refractivity contribution in [2.75, 3.05) is 46.4 Å². The molecule has 1 aliphatic rings. The summed E-state index contributed by atoms with van der Waals surface area (Å²) < 4.78 is 5.27. The molecule has 2 heterocycles. The number of urea groups is 1. The van der Waals surface area contributed by atoms with Gasteiger partial charge >= 0.3 is 6.03 Å². The van der Waals surface area contributed by atoms with Crippen LogP contribution in [0.25, 0.3) is 10.9 Å². The van der Waals surface area contributed by atoms with Crippen molar-refractivity contribution in [2.24, 2.45) is 0 Å². The number of nitrogens with zero attached hydrogens (tertiary/aromatic N) is 3. The van der Waals surface area contributed by atoms with Gasteiger partial charge in [-0.3, -0.25) is 9.69 Å². The number of rotatable bonds is 5. The summed E-state index contributed by atoms with van der Waals surface area (Å²) in [4.78, 5) is 33.8. The maximum absolute atomic E-state index is 12.5. The molecule has 7 heteroatoms. The van der Waals surface area contributed by atoms with Gasteiger partial charge in [-0.1, -0.05) is 0 Å². The van der Waals surface area contributed by atoms with E-state index in [1.54, 1.807) is 7.11 Å². The Morgan fingerprint density at radius 1 is 1.15 bits per heavy atom. The van der Waals surface area contributed by atoms with Crippen molar-refractivity contribution in [3.63, 3.8) is 0 Å². The molecule has 0 radical (unpaired) electrons. The van der Waals surface area contributed by atoms with Crippen LogP contribution in [0.2, 0.25) is 0 Å². The van der Waals surface area contributed by atoms with E-state index in [4.69, 9.17) is 4.74 Å². The van der Waals surface area contributed by atoms with Gasteiger partial charge in [0.05, 0.1) is 7.11 Å². The quantitative estimate of drug-likeness (QED) is 0.873. The van der Waals surface area contributed by atoms with Crippen LogP contribution in [-0.4, -0.2) is 72.1 Å². The lowest BCUT2D eigenvalue weighted by atomic mass is 10.1. The summed E-state index contributed by atoms with van der Waals surface area (Å²) in [6.07, 6.45) is 0. The van der Waals surface area contributed by atoms with Gasteiger partial charge in [-0.15, -0.1) is 0 Å². The van der Waals surface area contributed by atoms with Crippen LogP contribution in [0.4, 0.5) is 4.79 Å². The Labute approximate surface area is 159 Å². The smallest absolute Gasteiger partial charge is 0.320 e. The number of fused-ring (bicyclic) bond motifs is 1. The molecule has 0 atom stereocenters. The van der Waals surface area contributed by atoms with Gasteiger partial charge < -0.3 is 19.5 Å². The van der Waals surface area contributed by atoms with E-state index in [1.807, 2.05) is 47.9 Å². The van der Waals surface area contributed by atoms with Crippen molar-refractivity contribution in [3.8, 4) is 5.75 Å². The zero-order valence-electron chi connectivity index (χ0n) is 16.3. The second-order valence-corrected chi connectivity index (χ2v) is 6.79. The number of hydrogen-bond acceptors (Lipinski definition) is 4. The number of carbonyl (C=O) groups is 1. The number of piperazine rings is 1. The van der Waals surface area contributed by atoms with Gasteiger partial charge in [0.2, 0.25) is 0 Å². The first kappa shape index (κ1) is 19.2. The minimum Gasteiger partial charge on any atom is -0.497 e. The van der Waals surface area contributed by atoms with Crippen LogP contribution in [0.5, 0.6) is 5.75 Å². The average Bonchev–Trinajstić information content (AvgIpc) is 2.69. The van der Waals surface area contributed by atoms with Crippen LogP contribution in [0.15, 0.2) is 29.1 Å². The summed E-state index contributed by atoms with van der Waals surface area (Å²) in [6, 6.07) is 7.66. The highest BCUT2D eigenvalue weighted by molar-refractivity contribution is 5.80. The fourth-order valence-corrected chi connectivity index (χ4v) is 3.51. The minimum absolute atomic E-state index is 0.0608. The van der Waals surface area contributed by atoms with Gasteiger partial charge in [0.15, 0.2) is 0 Å². The highest BCUT2D eigenvalue weighted by Gasteiger charge is 2.24. The van der Waals surface area contributed by atoms with E-state index in [2.05, 4.69) is 9.88 Å². The summed E-state index contributed by atoms with van der Waals surface area (Å²) in [7, 11) is 1.63. The molecule has 1 aliphatic heterocycles. The van der Waals surface area contributed by atoms with Crippen molar-refractivity contribution in [1.82, 2.24) is 19.7 Å². The Kier molecular flexibility index (Phi) is 6.01. The van der Waals surface area contributed by atoms with Crippen LogP contribution < -0.4 is 10.3 Å². The van der Waals surface area contributed by atoms with E-state index < -0.39 is 0 Å². The summed E-state index contributed by atoms with van der Waals surface area (Å²) >= 11 is 0. The lowest BCUT2D eigenvalue weighted by Gasteiger charge is -2.37. The first-order valence-corrected chi connectivity index (χ1v) is 9.51. The standard InChI is InChI=1S/C20H28N4O3/c1-4-23(5-2)20(26)24-10-8-22(9-11-24)14-16-12-15-13-17(27-3)6-7-18(15)21-19(16)25/h6-7,12-13H,4-5,8-11,14H2,1-3H3,(H,21,25). The summed E-state index contributed by atoms with van der Waals surface area (Å²) in [5, 5.41) is 0.958. The van der Waals surface area contributed by atoms with Gasteiger partial charge in [0.25, 0.3) is 5.56 Å². The van der Waals surface area contributed by atoms with Gasteiger partial charge in [-0.25, -0.2) is 4.79 Å². The van der Waals surface area contributed by atoms with Crippen molar-refractivity contribution in [1.29, 1.82) is 0 Å². The molecule has 1 saturated heterocycles. The number of ether oxygens (including phenoxy) is 1. The molecular weight excluding hydrogens is 344 g/mol. The Hall–Kier alpha value is -2.54. The van der Waals surface area contributed by atoms with E-state index in [-0.39, 0.29) is 11.6 Å². The Morgan fingerprint density at radius 2 is 1.85 bits per heavy atom. The number of aromatic amines is 1. The number of nitrogens with one attached hydrogen (secondary N) is 1. The minimum atomic E-state index is -0.0608. The number of pyridine rings is 1. The second-order valence-electron chi connectivity index (χ2n) is 6.79. The third kappa shape index (κ3) is 4.24. The van der Waals surface area contributed by atoms with Crippen LogP contribution in [0, 0.1) is 0 Å². The molecule has 3 rings (SSSR count). The number of amides is 2. The zero-order chi connectivity index (χ0) is 19.4. The topological polar surface area (TPSA) is 68.9 Å². The molecule has 0 unspecified atom stereocenters. The lowest BCUT2D eigenvalue weighted by molar-refractivity contribution is 0.112. The molecule has 2 amide bonds. The monoisotopic (exact) mass is 372 g/mol. The zero-order valence-corrected chi connectivity index (χ0v) is 16.3. The van der Waals surface area contributed by atoms with Crippen molar-refractivity contribution < 1.29 is 9.53 Å². The number of carbonyl (C=O) groups excluding carboxylic acids is 1. The lowest BCUT2D eigenvalue weighted by Crippen LogP contribution is -2.52.